The number of Topliss-reactive ketones (excluding diaryl/α,β-unsaturated/α-hetero) is 1. The summed E-state index contributed by atoms with van der Waals surface area (Å²) in [5, 5.41) is 3.26. The molecule has 0 aromatic carbocycles. The Morgan fingerprint density at radius 1 is 1.23 bits per heavy atom. The van der Waals surface area contributed by atoms with Gasteiger partial charge in [-0.25, -0.2) is 0 Å². The molecule has 0 saturated carbocycles. The number of hydrogen-bond acceptors (Lipinski definition) is 2. The summed E-state index contributed by atoms with van der Waals surface area (Å²) >= 11 is 2.29. The molecule has 1 N–H and O–H groups in total. The highest BCUT2D eigenvalue weighted by molar-refractivity contribution is 14.1. The van der Waals surface area contributed by atoms with Crippen LogP contribution in [0.25, 0.3) is 0 Å². The smallest absolute Gasteiger partial charge is 0.154 e. The Labute approximate surface area is 95.0 Å². The zero-order valence-corrected chi connectivity index (χ0v) is 11.5. The van der Waals surface area contributed by atoms with Crippen molar-refractivity contribution in [3.8, 4) is 0 Å². The minimum Gasteiger partial charge on any atom is -0.297 e. The van der Waals surface area contributed by atoms with E-state index in [1.807, 2.05) is 27.7 Å². The third-order valence-electron chi connectivity index (χ3n) is 1.69. The molecule has 0 saturated heterocycles. The topological polar surface area (TPSA) is 29.1 Å². The standard InChI is InChI=1S/C10H20INO/c1-7(12-10(5,6)11)8(13)9(2,3)4/h7,12H,1-6H3. The van der Waals surface area contributed by atoms with Crippen molar-refractivity contribution in [1.82, 2.24) is 5.32 Å². The maximum absolute atomic E-state index is 11.8. The molecule has 1 unspecified atom stereocenters. The molecular weight excluding hydrogens is 277 g/mol. The summed E-state index contributed by atoms with van der Waals surface area (Å²) in [4.78, 5) is 11.8. The van der Waals surface area contributed by atoms with Gasteiger partial charge in [-0.3, -0.25) is 10.1 Å². The van der Waals surface area contributed by atoms with Crippen molar-refractivity contribution in [3.05, 3.63) is 0 Å². The summed E-state index contributed by atoms with van der Waals surface area (Å²) in [6.45, 7) is 11.9. The highest BCUT2D eigenvalue weighted by Gasteiger charge is 2.29. The number of halogens is 1. The molecular formula is C10H20INO. The predicted molar refractivity (Wildman–Crippen MR) is 65.2 cm³/mol. The van der Waals surface area contributed by atoms with Crippen LogP contribution < -0.4 is 5.32 Å². The number of alkyl halides is 1. The average molecular weight is 297 g/mol. The maximum Gasteiger partial charge on any atom is 0.154 e. The SMILES string of the molecule is CC(NC(C)(C)I)C(=O)C(C)(C)C. The van der Waals surface area contributed by atoms with Crippen molar-refractivity contribution in [2.24, 2.45) is 5.41 Å². The molecule has 0 bridgehead atoms. The van der Waals surface area contributed by atoms with E-state index in [-0.39, 0.29) is 20.8 Å². The summed E-state index contributed by atoms with van der Waals surface area (Å²) in [7, 11) is 0. The van der Waals surface area contributed by atoms with Crippen molar-refractivity contribution in [2.75, 3.05) is 0 Å². The number of carbonyl (C=O) groups excluding carboxylic acids is 1. The lowest BCUT2D eigenvalue weighted by atomic mass is 9.87. The highest BCUT2D eigenvalue weighted by atomic mass is 127. The molecule has 0 spiro atoms. The molecule has 0 rings (SSSR count). The van der Waals surface area contributed by atoms with Gasteiger partial charge >= 0.3 is 0 Å². The van der Waals surface area contributed by atoms with Gasteiger partial charge in [-0.2, -0.15) is 0 Å². The second kappa shape index (κ2) is 4.26. The molecule has 78 valence electrons. The normalized spacial score (nSPS) is 15.6. The van der Waals surface area contributed by atoms with Crippen LogP contribution in [0.5, 0.6) is 0 Å². The van der Waals surface area contributed by atoms with E-state index in [0.29, 0.717) is 0 Å². The summed E-state index contributed by atoms with van der Waals surface area (Å²) in [5.74, 6) is 0.261. The largest absolute Gasteiger partial charge is 0.297 e. The molecule has 2 nitrogen and oxygen atoms in total. The Bertz CT molecular complexity index is 188. The number of ketones is 1. The Hall–Kier alpha value is 0.360. The fourth-order valence-corrected chi connectivity index (χ4v) is 1.70. The lowest BCUT2D eigenvalue weighted by molar-refractivity contribution is -0.128. The Morgan fingerprint density at radius 3 is 1.85 bits per heavy atom. The molecule has 13 heavy (non-hydrogen) atoms. The van der Waals surface area contributed by atoms with Crippen molar-refractivity contribution < 1.29 is 4.79 Å². The van der Waals surface area contributed by atoms with Gasteiger partial charge in [0.1, 0.15) is 0 Å². The van der Waals surface area contributed by atoms with Gasteiger partial charge in [0.05, 0.1) is 9.59 Å². The average Bonchev–Trinajstić information content (AvgIpc) is 1.79. The predicted octanol–water partition coefficient (Wildman–Crippen LogP) is 2.75. The Morgan fingerprint density at radius 2 is 1.62 bits per heavy atom. The first kappa shape index (κ1) is 13.4. The summed E-state index contributed by atoms with van der Waals surface area (Å²) in [6, 6.07) is -0.0769. The van der Waals surface area contributed by atoms with Gasteiger partial charge in [0.15, 0.2) is 5.78 Å². The van der Waals surface area contributed by atoms with Gasteiger partial charge in [-0.05, 0) is 20.8 Å². The van der Waals surface area contributed by atoms with Gasteiger partial charge in [0.25, 0.3) is 0 Å². The van der Waals surface area contributed by atoms with E-state index < -0.39 is 0 Å². The van der Waals surface area contributed by atoms with Crippen LogP contribution in [0.2, 0.25) is 0 Å². The molecule has 0 heterocycles. The van der Waals surface area contributed by atoms with Crippen molar-refractivity contribution in [1.29, 1.82) is 0 Å². The molecule has 0 aliphatic rings. The highest BCUT2D eigenvalue weighted by Crippen LogP contribution is 2.20. The molecule has 0 aromatic heterocycles. The third-order valence-corrected chi connectivity index (χ3v) is 2.00. The van der Waals surface area contributed by atoms with Crippen LogP contribution >= 0.6 is 22.6 Å². The van der Waals surface area contributed by atoms with Crippen LogP contribution in [0.15, 0.2) is 0 Å². The van der Waals surface area contributed by atoms with Crippen molar-refractivity contribution >= 4 is 28.4 Å². The van der Waals surface area contributed by atoms with Gasteiger partial charge in [-0.15, -0.1) is 0 Å². The minimum atomic E-state index is -0.256. The molecule has 0 aliphatic heterocycles. The van der Waals surface area contributed by atoms with E-state index in [1.54, 1.807) is 0 Å². The number of hydrogen-bond donors (Lipinski definition) is 1. The fourth-order valence-electron chi connectivity index (χ4n) is 1.23. The van der Waals surface area contributed by atoms with E-state index >= 15 is 0 Å². The van der Waals surface area contributed by atoms with Crippen LogP contribution in [0.4, 0.5) is 0 Å². The van der Waals surface area contributed by atoms with Crippen LogP contribution in [-0.2, 0) is 4.79 Å². The molecule has 1 atom stereocenters. The molecule has 0 amide bonds. The van der Waals surface area contributed by atoms with Gasteiger partial charge in [-0.1, -0.05) is 43.4 Å². The van der Waals surface area contributed by atoms with Crippen LogP contribution in [0, 0.1) is 5.41 Å². The van der Waals surface area contributed by atoms with Gasteiger partial charge in [0.2, 0.25) is 0 Å². The monoisotopic (exact) mass is 297 g/mol. The minimum absolute atomic E-state index is 0.0297. The summed E-state index contributed by atoms with van der Waals surface area (Å²) in [6.07, 6.45) is 0. The van der Waals surface area contributed by atoms with Gasteiger partial charge < -0.3 is 0 Å². The van der Waals surface area contributed by atoms with Crippen LogP contribution in [0.1, 0.15) is 41.5 Å². The summed E-state index contributed by atoms with van der Waals surface area (Å²) in [5.41, 5.74) is -0.256. The molecule has 0 aromatic rings. The molecule has 3 heteroatoms. The first-order valence-corrected chi connectivity index (χ1v) is 5.63. The third kappa shape index (κ3) is 5.62. The molecule has 0 radical (unpaired) electrons. The van der Waals surface area contributed by atoms with Crippen LogP contribution in [0.3, 0.4) is 0 Å². The van der Waals surface area contributed by atoms with E-state index in [2.05, 4.69) is 41.8 Å². The lowest BCUT2D eigenvalue weighted by Gasteiger charge is -2.28. The summed E-state index contributed by atoms with van der Waals surface area (Å²) < 4.78 is -0.0297. The number of nitrogens with one attached hydrogen (secondary N) is 1. The second-order valence-corrected chi connectivity index (χ2v) is 7.65. The molecule has 0 fully saturated rings. The zero-order valence-electron chi connectivity index (χ0n) is 9.36. The van der Waals surface area contributed by atoms with E-state index in [0.717, 1.165) is 0 Å². The number of carbonyl (C=O) groups is 1. The Balaban J connectivity index is 4.30. The van der Waals surface area contributed by atoms with E-state index in [1.165, 1.54) is 0 Å². The number of rotatable bonds is 3. The maximum atomic E-state index is 11.8. The quantitative estimate of drug-likeness (QED) is 0.493. The fraction of sp³-hybridized carbons (Fsp3) is 0.900. The van der Waals surface area contributed by atoms with E-state index in [4.69, 9.17) is 0 Å². The molecule has 0 aliphatic carbocycles. The first-order chi connectivity index (χ1) is 5.54. The Kier molecular flexibility index (Phi) is 4.37. The zero-order chi connectivity index (χ0) is 10.9. The van der Waals surface area contributed by atoms with Crippen molar-refractivity contribution in [3.63, 3.8) is 0 Å². The first-order valence-electron chi connectivity index (χ1n) is 4.55. The van der Waals surface area contributed by atoms with Crippen molar-refractivity contribution in [2.45, 2.75) is 51.1 Å². The van der Waals surface area contributed by atoms with Crippen LogP contribution in [-0.4, -0.2) is 15.4 Å². The lowest BCUT2D eigenvalue weighted by Crippen LogP contribution is -2.47. The van der Waals surface area contributed by atoms with Gasteiger partial charge in [0, 0.05) is 5.41 Å². The van der Waals surface area contributed by atoms with E-state index in [9.17, 15) is 4.79 Å². The second-order valence-electron chi connectivity index (χ2n) is 4.95.